The standard InChI is InChI=1S/C11H15N3O5S/c12-7-1-3-8(4-2-7)20(18,19)14-9(11(16)17)5-6-10(13)15/h1-4,9,14H,5-6,12H2,(H2,13,15)(H,16,17)/t9-/m0/s1. The lowest BCUT2D eigenvalue weighted by Crippen LogP contribution is -2.41. The number of carboxylic acids is 1. The smallest absolute Gasteiger partial charge is 0.321 e. The van der Waals surface area contributed by atoms with E-state index >= 15 is 0 Å². The average molecular weight is 301 g/mol. The number of hydrogen-bond donors (Lipinski definition) is 4. The third-order valence-corrected chi connectivity index (χ3v) is 3.95. The molecular formula is C11H15N3O5S. The normalized spacial score (nSPS) is 12.8. The number of carbonyl (C=O) groups is 2. The number of primary amides is 1. The zero-order valence-corrected chi connectivity index (χ0v) is 11.3. The summed E-state index contributed by atoms with van der Waals surface area (Å²) in [5.74, 6) is -2.09. The molecule has 0 saturated heterocycles. The second-order valence-electron chi connectivity index (χ2n) is 4.09. The van der Waals surface area contributed by atoms with Crippen LogP contribution < -0.4 is 16.2 Å². The third-order valence-electron chi connectivity index (χ3n) is 2.47. The van der Waals surface area contributed by atoms with Crippen LogP contribution in [0.4, 0.5) is 5.69 Å². The van der Waals surface area contributed by atoms with Crippen LogP contribution in [0.3, 0.4) is 0 Å². The van der Waals surface area contributed by atoms with E-state index in [1.165, 1.54) is 24.3 Å². The lowest BCUT2D eigenvalue weighted by atomic mass is 10.2. The van der Waals surface area contributed by atoms with Gasteiger partial charge in [-0.3, -0.25) is 9.59 Å². The Labute approximate surface area is 115 Å². The number of sulfonamides is 1. The number of aliphatic carboxylic acids is 1. The first kappa shape index (κ1) is 15.9. The summed E-state index contributed by atoms with van der Waals surface area (Å²) in [4.78, 5) is 21.5. The molecule has 0 aliphatic carbocycles. The van der Waals surface area contributed by atoms with E-state index in [1.807, 2.05) is 4.72 Å². The van der Waals surface area contributed by atoms with E-state index in [0.29, 0.717) is 5.69 Å². The fourth-order valence-corrected chi connectivity index (χ4v) is 2.65. The third kappa shape index (κ3) is 4.52. The Hall–Kier alpha value is -2.13. The summed E-state index contributed by atoms with van der Waals surface area (Å²) in [6.45, 7) is 0. The van der Waals surface area contributed by atoms with Crippen molar-refractivity contribution in [1.82, 2.24) is 4.72 Å². The molecule has 0 aliphatic rings. The number of nitrogen functional groups attached to an aromatic ring is 1. The van der Waals surface area contributed by atoms with Gasteiger partial charge >= 0.3 is 5.97 Å². The average Bonchev–Trinajstić information content (AvgIpc) is 2.34. The number of hydrogen-bond acceptors (Lipinski definition) is 5. The van der Waals surface area contributed by atoms with Crippen LogP contribution in [0, 0.1) is 0 Å². The van der Waals surface area contributed by atoms with Crippen molar-refractivity contribution in [3.63, 3.8) is 0 Å². The summed E-state index contributed by atoms with van der Waals surface area (Å²) in [5, 5.41) is 8.94. The number of carbonyl (C=O) groups excluding carboxylic acids is 1. The highest BCUT2D eigenvalue weighted by molar-refractivity contribution is 7.89. The summed E-state index contributed by atoms with van der Waals surface area (Å²) in [7, 11) is -4.01. The van der Waals surface area contributed by atoms with E-state index in [0.717, 1.165) is 0 Å². The topological polar surface area (TPSA) is 153 Å². The van der Waals surface area contributed by atoms with E-state index < -0.39 is 27.9 Å². The lowest BCUT2D eigenvalue weighted by Gasteiger charge is -2.14. The maximum Gasteiger partial charge on any atom is 0.321 e. The van der Waals surface area contributed by atoms with Crippen LogP contribution in [0.1, 0.15) is 12.8 Å². The quantitative estimate of drug-likeness (QED) is 0.487. The maximum atomic E-state index is 12.0. The Balaban J connectivity index is 2.88. The van der Waals surface area contributed by atoms with Crippen molar-refractivity contribution >= 4 is 27.6 Å². The maximum absolute atomic E-state index is 12.0. The molecule has 0 aliphatic heterocycles. The minimum atomic E-state index is -4.01. The van der Waals surface area contributed by atoms with Crippen molar-refractivity contribution in [1.29, 1.82) is 0 Å². The van der Waals surface area contributed by atoms with Gasteiger partial charge in [0.25, 0.3) is 0 Å². The van der Waals surface area contributed by atoms with Crippen LogP contribution in [-0.2, 0) is 19.6 Å². The Morgan fingerprint density at radius 3 is 2.25 bits per heavy atom. The van der Waals surface area contributed by atoms with Crippen molar-refractivity contribution in [2.45, 2.75) is 23.8 Å². The van der Waals surface area contributed by atoms with E-state index in [9.17, 15) is 18.0 Å². The number of benzene rings is 1. The highest BCUT2D eigenvalue weighted by Gasteiger charge is 2.25. The van der Waals surface area contributed by atoms with Crippen LogP contribution in [0.15, 0.2) is 29.2 Å². The van der Waals surface area contributed by atoms with E-state index in [4.69, 9.17) is 16.6 Å². The van der Waals surface area contributed by atoms with E-state index in [1.54, 1.807) is 0 Å². The fourth-order valence-electron chi connectivity index (χ4n) is 1.42. The van der Waals surface area contributed by atoms with Crippen LogP contribution in [0.2, 0.25) is 0 Å². The molecule has 0 radical (unpaired) electrons. The monoisotopic (exact) mass is 301 g/mol. The van der Waals surface area contributed by atoms with Gasteiger partial charge in [-0.05, 0) is 30.7 Å². The summed E-state index contributed by atoms with van der Waals surface area (Å²) >= 11 is 0. The van der Waals surface area contributed by atoms with Crippen molar-refractivity contribution in [2.75, 3.05) is 5.73 Å². The molecule has 0 aromatic heterocycles. The zero-order chi connectivity index (χ0) is 15.3. The van der Waals surface area contributed by atoms with Gasteiger partial charge in [-0.1, -0.05) is 0 Å². The predicted octanol–water partition coefficient (Wildman–Crippen LogP) is -0.734. The molecule has 1 amide bonds. The first-order valence-electron chi connectivity index (χ1n) is 5.61. The Kier molecular flexibility index (Phi) is 5.06. The van der Waals surface area contributed by atoms with Crippen molar-refractivity contribution < 1.29 is 23.1 Å². The highest BCUT2D eigenvalue weighted by atomic mass is 32.2. The fraction of sp³-hybridized carbons (Fsp3) is 0.273. The molecule has 0 saturated carbocycles. The van der Waals surface area contributed by atoms with Crippen molar-refractivity contribution in [3.8, 4) is 0 Å². The van der Waals surface area contributed by atoms with Gasteiger partial charge in [0.1, 0.15) is 6.04 Å². The second-order valence-corrected chi connectivity index (χ2v) is 5.80. The highest BCUT2D eigenvalue weighted by Crippen LogP contribution is 2.13. The number of rotatable bonds is 7. The van der Waals surface area contributed by atoms with Crippen LogP contribution in [0.5, 0.6) is 0 Å². The molecule has 110 valence electrons. The molecule has 1 aromatic rings. The summed E-state index contributed by atoms with van der Waals surface area (Å²) in [5.41, 5.74) is 10.7. The van der Waals surface area contributed by atoms with Crippen LogP contribution in [-0.4, -0.2) is 31.4 Å². The lowest BCUT2D eigenvalue weighted by molar-refractivity contribution is -0.139. The van der Waals surface area contributed by atoms with Gasteiger partial charge in [0.2, 0.25) is 15.9 Å². The number of anilines is 1. The Morgan fingerprint density at radius 1 is 1.25 bits per heavy atom. The zero-order valence-electron chi connectivity index (χ0n) is 10.4. The molecule has 20 heavy (non-hydrogen) atoms. The van der Waals surface area contributed by atoms with Crippen molar-refractivity contribution in [3.05, 3.63) is 24.3 Å². The second kappa shape index (κ2) is 6.35. The molecule has 0 spiro atoms. The minimum Gasteiger partial charge on any atom is -0.480 e. The predicted molar refractivity (Wildman–Crippen MR) is 71.0 cm³/mol. The molecule has 8 nitrogen and oxygen atoms in total. The van der Waals surface area contributed by atoms with Gasteiger partial charge in [0.15, 0.2) is 0 Å². The largest absolute Gasteiger partial charge is 0.480 e. The molecule has 9 heteroatoms. The van der Waals surface area contributed by atoms with Gasteiger partial charge in [-0.15, -0.1) is 0 Å². The Morgan fingerprint density at radius 2 is 1.80 bits per heavy atom. The van der Waals surface area contributed by atoms with E-state index in [2.05, 4.69) is 0 Å². The first-order valence-corrected chi connectivity index (χ1v) is 7.09. The number of amides is 1. The molecule has 0 fully saturated rings. The molecule has 0 bridgehead atoms. The summed E-state index contributed by atoms with van der Waals surface area (Å²) < 4.78 is 26.0. The van der Waals surface area contributed by atoms with Crippen molar-refractivity contribution in [2.24, 2.45) is 5.73 Å². The van der Waals surface area contributed by atoms with Gasteiger partial charge in [0, 0.05) is 12.1 Å². The molecule has 1 rings (SSSR count). The van der Waals surface area contributed by atoms with Crippen LogP contribution in [0.25, 0.3) is 0 Å². The number of nitrogens with one attached hydrogen (secondary N) is 1. The van der Waals surface area contributed by atoms with Crippen LogP contribution >= 0.6 is 0 Å². The van der Waals surface area contributed by atoms with Gasteiger partial charge in [-0.25, -0.2) is 8.42 Å². The van der Waals surface area contributed by atoms with E-state index in [-0.39, 0.29) is 17.7 Å². The molecule has 6 N–H and O–H groups in total. The summed E-state index contributed by atoms with van der Waals surface area (Å²) in [6.07, 6.45) is -0.458. The molecular weight excluding hydrogens is 286 g/mol. The molecule has 0 heterocycles. The SMILES string of the molecule is NC(=O)CC[C@H](NS(=O)(=O)c1ccc(N)cc1)C(=O)O. The number of nitrogens with two attached hydrogens (primary N) is 2. The molecule has 1 aromatic carbocycles. The summed E-state index contributed by atoms with van der Waals surface area (Å²) in [6, 6.07) is 3.85. The van der Waals surface area contributed by atoms with Gasteiger partial charge < -0.3 is 16.6 Å². The minimum absolute atomic E-state index is 0.114. The Bertz CT molecular complexity index is 597. The number of carboxylic acid groups (broad SMARTS) is 1. The molecule has 1 atom stereocenters. The van der Waals surface area contributed by atoms with Gasteiger partial charge in [-0.2, -0.15) is 4.72 Å². The van der Waals surface area contributed by atoms with Gasteiger partial charge in [0.05, 0.1) is 4.90 Å². The first-order chi connectivity index (χ1) is 9.22. The molecule has 0 unspecified atom stereocenters.